The lowest BCUT2D eigenvalue weighted by molar-refractivity contribution is -0.400. The summed E-state index contributed by atoms with van der Waals surface area (Å²) in [6.45, 7) is 0. The minimum atomic E-state index is 0.653. The van der Waals surface area contributed by atoms with Gasteiger partial charge in [-0.1, -0.05) is 92.1 Å². The average Bonchev–Trinajstić information content (AvgIpc) is 3.26. The van der Waals surface area contributed by atoms with E-state index in [2.05, 4.69) is 133 Å². The Bertz CT molecular complexity index is 1440. The molecule has 0 atom stereocenters. The molecule has 6 rings (SSSR count). The van der Waals surface area contributed by atoms with E-state index < -0.39 is 0 Å². The van der Waals surface area contributed by atoms with Gasteiger partial charge in [-0.25, -0.2) is 0 Å². The van der Waals surface area contributed by atoms with Crippen LogP contribution >= 0.6 is 0 Å². The van der Waals surface area contributed by atoms with Gasteiger partial charge >= 0.3 is 0 Å². The third kappa shape index (κ3) is 4.42. The predicted molar refractivity (Wildman–Crippen MR) is 157 cm³/mol. The largest absolute Gasteiger partial charge is 0.372 e. The van der Waals surface area contributed by atoms with Crippen molar-refractivity contribution in [3.8, 4) is 0 Å². The maximum Gasteiger partial charge on any atom is 0.221 e. The van der Waals surface area contributed by atoms with Gasteiger partial charge < -0.3 is 4.90 Å². The summed E-state index contributed by atoms with van der Waals surface area (Å²) in [6.07, 6.45) is 6.68. The quantitative estimate of drug-likeness (QED) is 0.259. The van der Waals surface area contributed by atoms with Gasteiger partial charge in [0.05, 0.1) is 11.1 Å². The number of hydrogen-bond acceptors (Lipinski definition) is 1. The van der Waals surface area contributed by atoms with Gasteiger partial charge in [-0.3, -0.25) is 0 Å². The van der Waals surface area contributed by atoms with Gasteiger partial charge in [-0.2, -0.15) is 4.58 Å². The Kier molecular flexibility index (Phi) is 6.49. The molecule has 4 aromatic carbocycles. The van der Waals surface area contributed by atoms with E-state index in [-0.39, 0.29) is 0 Å². The minimum Gasteiger partial charge on any atom is -0.372 e. The zero-order valence-corrected chi connectivity index (χ0v) is 21.9. The van der Waals surface area contributed by atoms with Crippen molar-refractivity contribution in [2.45, 2.75) is 38.1 Å². The summed E-state index contributed by atoms with van der Waals surface area (Å²) < 4.78 is 2.36. The number of nitrogens with zero attached hydrogens (tertiary/aromatic N) is 2. The summed E-state index contributed by atoms with van der Waals surface area (Å²) in [4.78, 5) is 2.50. The molecule has 2 nitrogen and oxygen atoms in total. The number of para-hydroxylation sites is 1. The van der Waals surface area contributed by atoms with Crippen LogP contribution in [0.3, 0.4) is 0 Å². The van der Waals surface area contributed by atoms with Crippen LogP contribution in [0.4, 0.5) is 11.4 Å². The SMILES string of the molecule is CN(c1ccc(C(=C2C(c3ccccc3)=[N+](C)c3ccccc32)c2ccccc2)cc1)C1CCCCC1. The van der Waals surface area contributed by atoms with Crippen LogP contribution in [-0.2, 0) is 0 Å². The van der Waals surface area contributed by atoms with E-state index in [0.717, 1.165) is 0 Å². The van der Waals surface area contributed by atoms with E-state index in [9.17, 15) is 0 Å². The molecule has 1 aliphatic heterocycles. The van der Waals surface area contributed by atoms with Crippen LogP contribution in [0, 0.1) is 0 Å². The smallest absolute Gasteiger partial charge is 0.221 e. The fourth-order valence-electron chi connectivity index (χ4n) is 6.18. The molecule has 184 valence electrons. The normalized spacial score (nSPS) is 17.0. The molecule has 1 fully saturated rings. The molecule has 0 amide bonds. The molecule has 1 saturated carbocycles. The molecule has 2 aliphatic rings. The molecule has 37 heavy (non-hydrogen) atoms. The molecule has 1 aliphatic carbocycles. The van der Waals surface area contributed by atoms with Crippen LogP contribution in [0.15, 0.2) is 109 Å². The molecule has 0 radical (unpaired) electrons. The van der Waals surface area contributed by atoms with Crippen LogP contribution in [0.5, 0.6) is 0 Å². The molecule has 0 N–H and O–H groups in total. The van der Waals surface area contributed by atoms with Gasteiger partial charge in [0.2, 0.25) is 11.4 Å². The van der Waals surface area contributed by atoms with E-state index in [1.807, 2.05) is 0 Å². The monoisotopic (exact) mass is 483 g/mol. The average molecular weight is 484 g/mol. The maximum absolute atomic E-state index is 2.50. The summed E-state index contributed by atoms with van der Waals surface area (Å²) in [5.41, 5.74) is 11.4. The van der Waals surface area contributed by atoms with Gasteiger partial charge in [0.15, 0.2) is 0 Å². The minimum absolute atomic E-state index is 0.653. The Hall–Kier alpha value is -3.91. The Morgan fingerprint density at radius 2 is 1.27 bits per heavy atom. The van der Waals surface area contributed by atoms with Crippen LogP contribution in [0.1, 0.15) is 54.4 Å². The van der Waals surface area contributed by atoms with Crippen LogP contribution in [0.25, 0.3) is 11.1 Å². The topological polar surface area (TPSA) is 6.25 Å². The fraction of sp³-hybridized carbons (Fsp3) is 0.229. The van der Waals surface area contributed by atoms with Gasteiger partial charge in [-0.05, 0) is 54.3 Å². The third-order valence-electron chi connectivity index (χ3n) is 8.15. The number of hydrogen-bond donors (Lipinski definition) is 0. The fourth-order valence-corrected chi connectivity index (χ4v) is 6.18. The first-order chi connectivity index (χ1) is 18.2. The van der Waals surface area contributed by atoms with E-state index >= 15 is 0 Å². The molecule has 2 heteroatoms. The first-order valence-corrected chi connectivity index (χ1v) is 13.6. The van der Waals surface area contributed by atoms with Gasteiger partial charge in [0.1, 0.15) is 7.05 Å². The van der Waals surface area contributed by atoms with Crippen molar-refractivity contribution in [3.63, 3.8) is 0 Å². The number of rotatable bonds is 5. The third-order valence-corrected chi connectivity index (χ3v) is 8.15. The first-order valence-electron chi connectivity index (χ1n) is 13.6. The molecule has 4 aromatic rings. The Morgan fingerprint density at radius 3 is 1.97 bits per heavy atom. The van der Waals surface area contributed by atoms with Crippen molar-refractivity contribution >= 4 is 28.2 Å². The van der Waals surface area contributed by atoms with Crippen LogP contribution < -0.4 is 4.90 Å². The molecule has 0 aromatic heterocycles. The Morgan fingerprint density at radius 1 is 0.676 bits per heavy atom. The summed E-state index contributed by atoms with van der Waals surface area (Å²) in [5, 5.41) is 0. The van der Waals surface area contributed by atoms with E-state index in [1.54, 1.807) is 0 Å². The zero-order valence-electron chi connectivity index (χ0n) is 21.9. The van der Waals surface area contributed by atoms with Crippen molar-refractivity contribution < 1.29 is 4.58 Å². The highest BCUT2D eigenvalue weighted by atomic mass is 15.1. The highest BCUT2D eigenvalue weighted by molar-refractivity contribution is 6.38. The van der Waals surface area contributed by atoms with Crippen molar-refractivity contribution in [2.24, 2.45) is 0 Å². The van der Waals surface area contributed by atoms with Gasteiger partial charge in [0.25, 0.3) is 0 Å². The highest BCUT2D eigenvalue weighted by Gasteiger charge is 2.36. The van der Waals surface area contributed by atoms with Crippen molar-refractivity contribution in [2.75, 3.05) is 19.0 Å². The Balaban J connectivity index is 1.54. The molecule has 0 bridgehead atoms. The summed E-state index contributed by atoms with van der Waals surface area (Å²) in [6, 6.07) is 40.4. The molecular formula is C35H35N2+. The number of allylic oxidation sites excluding steroid dienone is 1. The second kappa shape index (κ2) is 10.2. The number of benzene rings is 4. The highest BCUT2D eigenvalue weighted by Crippen LogP contribution is 2.43. The molecule has 0 spiro atoms. The predicted octanol–water partition coefficient (Wildman–Crippen LogP) is 8.19. The van der Waals surface area contributed by atoms with E-state index in [1.165, 1.54) is 82.6 Å². The molecule has 1 heterocycles. The standard InChI is InChI=1S/C35H35N2/c1-36(29-18-10-5-11-19-29)30-24-22-27(23-25-30)33(26-14-6-3-7-15-26)34-31-20-12-13-21-32(31)37(2)35(34)28-16-8-4-9-17-28/h3-4,6-9,12-17,20-25,29H,5,10-11,18-19H2,1-2H3/q+1. The molecule has 0 saturated heterocycles. The summed E-state index contributed by atoms with van der Waals surface area (Å²) >= 11 is 0. The molecular weight excluding hydrogens is 448 g/mol. The lowest BCUT2D eigenvalue weighted by Gasteiger charge is -2.33. The lowest BCUT2D eigenvalue weighted by atomic mass is 9.86. The molecule has 0 unspecified atom stereocenters. The number of fused-ring (bicyclic) bond motifs is 1. The van der Waals surface area contributed by atoms with E-state index in [0.29, 0.717) is 6.04 Å². The Labute approximate surface area is 221 Å². The van der Waals surface area contributed by atoms with Gasteiger partial charge in [-0.15, -0.1) is 0 Å². The van der Waals surface area contributed by atoms with E-state index in [4.69, 9.17) is 0 Å². The summed E-state index contributed by atoms with van der Waals surface area (Å²) in [5.74, 6) is 0. The second-order valence-corrected chi connectivity index (χ2v) is 10.4. The lowest BCUT2D eigenvalue weighted by Crippen LogP contribution is -2.33. The van der Waals surface area contributed by atoms with Crippen molar-refractivity contribution in [3.05, 3.63) is 131 Å². The maximum atomic E-state index is 2.50. The summed E-state index contributed by atoms with van der Waals surface area (Å²) in [7, 11) is 4.46. The van der Waals surface area contributed by atoms with Crippen LogP contribution in [0.2, 0.25) is 0 Å². The van der Waals surface area contributed by atoms with Gasteiger partial charge in [0, 0.05) is 36.0 Å². The number of anilines is 1. The van der Waals surface area contributed by atoms with Crippen LogP contribution in [-0.4, -0.2) is 30.4 Å². The van der Waals surface area contributed by atoms with Crippen molar-refractivity contribution in [1.29, 1.82) is 0 Å². The first kappa shape index (κ1) is 23.5. The second-order valence-electron chi connectivity index (χ2n) is 10.4. The van der Waals surface area contributed by atoms with Crippen molar-refractivity contribution in [1.82, 2.24) is 0 Å². The zero-order chi connectivity index (χ0) is 25.2.